The molecule has 1 aromatic carbocycles. The summed E-state index contributed by atoms with van der Waals surface area (Å²) in [6.45, 7) is 0. The monoisotopic (exact) mass is 374 g/mol. The van der Waals surface area contributed by atoms with Crippen LogP contribution >= 0.6 is 22.9 Å². The van der Waals surface area contributed by atoms with Gasteiger partial charge in [0.15, 0.2) is 10.7 Å². The lowest BCUT2D eigenvalue weighted by molar-refractivity contribution is -0.0796. The number of benzene rings is 1. The summed E-state index contributed by atoms with van der Waals surface area (Å²) in [6.07, 6.45) is 5.62. The fourth-order valence-electron chi connectivity index (χ4n) is 4.86. The zero-order chi connectivity index (χ0) is 17.2. The highest BCUT2D eigenvalue weighted by atomic mass is 35.5. The van der Waals surface area contributed by atoms with Gasteiger partial charge in [-0.2, -0.15) is 0 Å². The minimum atomic E-state index is -0.340. The molecule has 5 nitrogen and oxygen atoms in total. The van der Waals surface area contributed by atoms with Gasteiger partial charge in [-0.15, -0.1) is 0 Å². The molecule has 1 aromatic heterocycles. The number of anilines is 1. The van der Waals surface area contributed by atoms with Crippen molar-refractivity contribution in [1.29, 1.82) is 0 Å². The summed E-state index contributed by atoms with van der Waals surface area (Å²) in [7, 11) is 2.36. The van der Waals surface area contributed by atoms with E-state index in [1.165, 1.54) is 25.7 Å². The van der Waals surface area contributed by atoms with E-state index in [1.807, 2.05) is 18.2 Å². The van der Waals surface area contributed by atoms with E-state index in [0.29, 0.717) is 22.3 Å². The molecule has 0 saturated heterocycles. The van der Waals surface area contributed by atoms with Crippen LogP contribution < -0.4 is 11.1 Å². The van der Waals surface area contributed by atoms with Gasteiger partial charge in [0.1, 0.15) is 14.0 Å². The number of amidine groups is 1. The van der Waals surface area contributed by atoms with Crippen molar-refractivity contribution in [2.45, 2.75) is 49.2 Å². The molecule has 8 heteroatoms. The predicted octanol–water partition coefficient (Wildman–Crippen LogP) is 3.16. The summed E-state index contributed by atoms with van der Waals surface area (Å²) in [5.41, 5.74) is 7.02. The number of ether oxygens (including phenoxy) is 1. The maximum absolute atomic E-state index is 6.44. The fraction of sp³-hybridized carbons (Fsp3) is 0.529. The van der Waals surface area contributed by atoms with Gasteiger partial charge in [-0.3, -0.25) is 5.32 Å². The molecule has 1 aliphatic heterocycles. The van der Waals surface area contributed by atoms with Gasteiger partial charge in [0.05, 0.1) is 10.2 Å². The van der Waals surface area contributed by atoms with Crippen LogP contribution in [-0.2, 0) is 4.74 Å². The Hall–Kier alpha value is -1.31. The molecule has 3 N–H and O–H groups in total. The van der Waals surface area contributed by atoms with Crippen molar-refractivity contribution in [3.8, 4) is 0 Å². The molecule has 2 aromatic rings. The van der Waals surface area contributed by atoms with Crippen LogP contribution in [-0.4, -0.2) is 30.6 Å². The van der Waals surface area contributed by atoms with E-state index in [2.05, 4.69) is 23.1 Å². The third-order valence-corrected chi connectivity index (χ3v) is 7.36. The number of aromatic nitrogens is 1. The minimum absolute atomic E-state index is 0.302. The largest absolute Gasteiger partial charge is 0.454 e. The lowest BCUT2D eigenvalue weighted by Gasteiger charge is -2.55. The van der Waals surface area contributed by atoms with Gasteiger partial charge in [-0.25, -0.2) is 9.98 Å². The Bertz CT molecular complexity index is 879. The molecule has 1 spiro atoms. The van der Waals surface area contributed by atoms with E-state index in [9.17, 15) is 0 Å². The van der Waals surface area contributed by atoms with E-state index in [1.54, 1.807) is 11.3 Å². The Kier molecular flexibility index (Phi) is 3.40. The Balaban J connectivity index is 1.39. The third kappa shape index (κ3) is 2.47. The van der Waals surface area contributed by atoms with Crippen LogP contribution in [0.25, 0.3) is 10.2 Å². The number of hydrogen-bond donors (Lipinski definition) is 2. The predicted molar refractivity (Wildman–Crippen MR) is 105 cm³/mol. The zero-order valence-electron chi connectivity index (χ0n) is 14.1. The number of halogens is 1. The molecular formula is C17H20BClN4OS. The molecule has 3 saturated carbocycles. The molecule has 3 fully saturated rings. The number of fused-ring (bicyclic) bond motifs is 3. The molecule has 130 valence electrons. The van der Waals surface area contributed by atoms with Crippen LogP contribution in [0.15, 0.2) is 23.2 Å². The number of aliphatic imine (C=N–C) groups is 1. The fourth-order valence-corrected chi connectivity index (χ4v) is 5.99. The minimum Gasteiger partial charge on any atom is -0.454 e. The molecule has 2 bridgehead atoms. The summed E-state index contributed by atoms with van der Waals surface area (Å²) in [5, 5.41) is 5.04. The van der Waals surface area contributed by atoms with Gasteiger partial charge >= 0.3 is 0 Å². The number of nitrogens with two attached hydrogens (primary N) is 1. The first kappa shape index (κ1) is 15.9. The van der Waals surface area contributed by atoms with Gasteiger partial charge in [0, 0.05) is 10.9 Å². The first-order valence-electron chi connectivity index (χ1n) is 8.81. The van der Waals surface area contributed by atoms with Crippen molar-refractivity contribution in [3.05, 3.63) is 23.2 Å². The zero-order valence-corrected chi connectivity index (χ0v) is 15.7. The number of rotatable bonds is 1. The first-order chi connectivity index (χ1) is 12.0. The number of hydrogen-bond acceptors (Lipinski definition) is 6. The average Bonchev–Trinajstić information content (AvgIpc) is 3.08. The molecule has 4 aliphatic rings. The summed E-state index contributed by atoms with van der Waals surface area (Å²) in [5.74, 6) is 0.501. The second-order valence-corrected chi connectivity index (χ2v) is 9.42. The van der Waals surface area contributed by atoms with Crippen molar-refractivity contribution in [2.75, 3.05) is 5.32 Å². The topological polar surface area (TPSA) is 72.5 Å². The van der Waals surface area contributed by atoms with Crippen molar-refractivity contribution in [1.82, 2.24) is 4.98 Å². The van der Waals surface area contributed by atoms with Crippen molar-refractivity contribution in [2.24, 2.45) is 16.6 Å². The molecule has 2 heterocycles. The van der Waals surface area contributed by atoms with Gasteiger partial charge in [0.2, 0.25) is 0 Å². The van der Waals surface area contributed by atoms with Crippen molar-refractivity contribution >= 4 is 52.2 Å². The molecule has 0 amide bonds. The lowest BCUT2D eigenvalue weighted by Crippen LogP contribution is -2.58. The van der Waals surface area contributed by atoms with Crippen molar-refractivity contribution in [3.63, 3.8) is 0 Å². The lowest BCUT2D eigenvalue weighted by atomic mass is 9.46. The van der Waals surface area contributed by atoms with Crippen molar-refractivity contribution < 1.29 is 4.74 Å². The maximum atomic E-state index is 6.44. The van der Waals surface area contributed by atoms with E-state index >= 15 is 0 Å². The van der Waals surface area contributed by atoms with Crippen LogP contribution in [0.5, 0.6) is 0 Å². The Morgan fingerprint density at radius 3 is 2.92 bits per heavy atom. The average molecular weight is 375 g/mol. The molecule has 0 radical (unpaired) electrons. The van der Waals surface area contributed by atoms with Crippen LogP contribution in [0.2, 0.25) is 10.3 Å². The molecule has 1 unspecified atom stereocenters. The molecule has 3 aliphatic carbocycles. The van der Waals surface area contributed by atoms with E-state index < -0.39 is 0 Å². The van der Waals surface area contributed by atoms with Crippen LogP contribution in [0.4, 0.5) is 5.13 Å². The molecule has 6 rings (SSSR count). The van der Waals surface area contributed by atoms with E-state index in [0.717, 1.165) is 21.8 Å². The SMILES string of the molecule is BC12CCC(CC1)[C@@]1(C2)OC(Nc2nc3ccc(Cl)cc3s2)=NC1N. The maximum Gasteiger partial charge on any atom is 0.293 e. The smallest absolute Gasteiger partial charge is 0.293 e. The van der Waals surface area contributed by atoms with Gasteiger partial charge in [-0.05, 0) is 37.5 Å². The quantitative estimate of drug-likeness (QED) is 0.752. The standard InChI is InChI=1S/C17H20BClN4OS/c18-16-5-3-9(4-6-16)17(8-16)13(20)22-14(24-17)23-15-21-11-2-1-10(19)7-12(11)25-15/h1-2,7,9,13H,3-6,8,18,20H2,(H,21,22,23)/t9?,13?,16?,17-/m1/s1. The second kappa shape index (κ2) is 5.35. The summed E-state index contributed by atoms with van der Waals surface area (Å²) in [4.78, 5) is 9.18. The van der Waals surface area contributed by atoms with Crippen LogP contribution in [0.1, 0.15) is 32.1 Å². The highest BCUT2D eigenvalue weighted by Gasteiger charge is 2.59. The number of nitrogens with zero attached hydrogens (tertiary/aromatic N) is 2. The highest BCUT2D eigenvalue weighted by Crippen LogP contribution is 2.60. The third-order valence-electron chi connectivity index (χ3n) is 6.19. The normalized spacial score (nSPS) is 36.6. The van der Waals surface area contributed by atoms with Gasteiger partial charge in [-0.1, -0.05) is 41.1 Å². The van der Waals surface area contributed by atoms with Gasteiger partial charge in [0.25, 0.3) is 6.02 Å². The molecular weight excluding hydrogens is 355 g/mol. The summed E-state index contributed by atoms with van der Waals surface area (Å²) in [6, 6.07) is 6.20. The summed E-state index contributed by atoms with van der Waals surface area (Å²) < 4.78 is 7.42. The van der Waals surface area contributed by atoms with E-state index in [4.69, 9.17) is 22.1 Å². The second-order valence-electron chi connectivity index (χ2n) is 7.95. The Morgan fingerprint density at radius 1 is 1.36 bits per heavy atom. The van der Waals surface area contributed by atoms with Crippen LogP contribution in [0.3, 0.4) is 0 Å². The Labute approximate surface area is 156 Å². The number of thiazole rings is 1. The van der Waals surface area contributed by atoms with E-state index in [-0.39, 0.29) is 11.8 Å². The Morgan fingerprint density at radius 2 is 2.16 bits per heavy atom. The summed E-state index contributed by atoms with van der Waals surface area (Å²) >= 11 is 7.60. The highest BCUT2D eigenvalue weighted by molar-refractivity contribution is 7.22. The first-order valence-corrected chi connectivity index (χ1v) is 10.0. The van der Waals surface area contributed by atoms with Gasteiger partial charge < -0.3 is 10.5 Å². The molecule has 25 heavy (non-hydrogen) atoms. The molecule has 2 atom stereocenters. The number of nitrogens with one attached hydrogen (secondary N) is 1. The van der Waals surface area contributed by atoms with Crippen LogP contribution in [0, 0.1) is 5.92 Å².